The highest BCUT2D eigenvalue weighted by atomic mass is 35.5. The maximum absolute atomic E-state index is 5.92. The highest BCUT2D eigenvalue weighted by Crippen LogP contribution is 2.19. The number of rotatable bonds is 5. The van der Waals surface area contributed by atoms with Gasteiger partial charge >= 0.3 is 6.01 Å². The maximum Gasteiger partial charge on any atom is 0.323 e. The van der Waals surface area contributed by atoms with Crippen molar-refractivity contribution in [3.8, 4) is 6.01 Å². The van der Waals surface area contributed by atoms with E-state index in [9.17, 15) is 0 Å². The Morgan fingerprint density at radius 3 is 2.68 bits per heavy atom. The highest BCUT2D eigenvalue weighted by molar-refractivity contribution is 6.30. The third-order valence-corrected chi connectivity index (χ3v) is 2.43. The summed E-state index contributed by atoms with van der Waals surface area (Å²) in [5.74, 6) is 0.827. The Kier molecular flexibility index (Phi) is 4.35. The van der Waals surface area contributed by atoms with Crippen LogP contribution >= 0.6 is 11.6 Å². The van der Waals surface area contributed by atoms with Crippen molar-refractivity contribution in [2.45, 2.75) is 6.92 Å². The van der Waals surface area contributed by atoms with Crippen molar-refractivity contribution >= 4 is 29.2 Å². The fourth-order valence-corrected chi connectivity index (χ4v) is 1.60. The van der Waals surface area contributed by atoms with Crippen molar-refractivity contribution in [1.82, 2.24) is 15.0 Å². The average molecular weight is 280 g/mol. The van der Waals surface area contributed by atoms with Gasteiger partial charge in [-0.1, -0.05) is 17.7 Å². The first-order valence-electron chi connectivity index (χ1n) is 5.80. The molecule has 0 bridgehead atoms. The van der Waals surface area contributed by atoms with E-state index in [0.717, 1.165) is 5.69 Å². The number of ether oxygens (including phenoxy) is 1. The lowest BCUT2D eigenvalue weighted by Gasteiger charge is -2.08. The van der Waals surface area contributed by atoms with Crippen LogP contribution in [0.3, 0.4) is 0 Å². The second kappa shape index (κ2) is 6.19. The molecule has 0 fully saturated rings. The molecule has 2 aromatic rings. The summed E-state index contributed by atoms with van der Waals surface area (Å²) in [4.78, 5) is 12.4. The molecule has 0 unspecified atom stereocenters. The van der Waals surface area contributed by atoms with Gasteiger partial charge in [0.15, 0.2) is 0 Å². The summed E-state index contributed by atoms with van der Waals surface area (Å²) in [7, 11) is 1.73. The Labute approximate surface area is 116 Å². The van der Waals surface area contributed by atoms with Gasteiger partial charge in [0.2, 0.25) is 11.9 Å². The molecule has 2 N–H and O–H groups in total. The van der Waals surface area contributed by atoms with E-state index < -0.39 is 0 Å². The molecule has 7 heteroatoms. The van der Waals surface area contributed by atoms with Gasteiger partial charge in [0.05, 0.1) is 6.61 Å². The number of anilines is 3. The van der Waals surface area contributed by atoms with Crippen molar-refractivity contribution in [3.05, 3.63) is 29.3 Å². The molecule has 19 heavy (non-hydrogen) atoms. The molecule has 0 aliphatic rings. The third kappa shape index (κ3) is 3.69. The van der Waals surface area contributed by atoms with Gasteiger partial charge in [0.1, 0.15) is 0 Å². The van der Waals surface area contributed by atoms with Crippen LogP contribution < -0.4 is 15.4 Å². The standard InChI is InChI=1S/C12H14ClN5O/c1-3-19-12-17-10(14-2)16-11(18-12)15-9-6-4-5-8(13)7-9/h4-7H,3H2,1-2H3,(H2,14,15,16,17,18). The Morgan fingerprint density at radius 1 is 1.21 bits per heavy atom. The molecule has 1 heterocycles. The summed E-state index contributed by atoms with van der Waals surface area (Å²) in [5, 5.41) is 6.54. The summed E-state index contributed by atoms with van der Waals surface area (Å²) in [6.07, 6.45) is 0. The van der Waals surface area contributed by atoms with Crippen LogP contribution in [0.25, 0.3) is 0 Å². The topological polar surface area (TPSA) is 72.0 Å². The molecular weight excluding hydrogens is 266 g/mol. The minimum Gasteiger partial charge on any atom is -0.464 e. The summed E-state index contributed by atoms with van der Waals surface area (Å²) in [6.45, 7) is 2.36. The van der Waals surface area contributed by atoms with Crippen LogP contribution in [0.5, 0.6) is 6.01 Å². The van der Waals surface area contributed by atoms with Gasteiger partial charge in [0.25, 0.3) is 0 Å². The number of halogens is 1. The van der Waals surface area contributed by atoms with E-state index in [4.69, 9.17) is 16.3 Å². The normalized spacial score (nSPS) is 10.1. The van der Waals surface area contributed by atoms with Crippen LogP contribution in [-0.4, -0.2) is 28.6 Å². The van der Waals surface area contributed by atoms with E-state index in [0.29, 0.717) is 23.5 Å². The molecule has 0 atom stereocenters. The summed E-state index contributed by atoms with van der Waals surface area (Å²) < 4.78 is 5.28. The molecule has 0 saturated heterocycles. The Balaban J connectivity index is 2.26. The Hall–Kier alpha value is -2.08. The minimum atomic E-state index is 0.270. The third-order valence-electron chi connectivity index (χ3n) is 2.19. The van der Waals surface area contributed by atoms with E-state index >= 15 is 0 Å². The number of hydrogen-bond donors (Lipinski definition) is 2. The number of nitrogens with zero attached hydrogens (tertiary/aromatic N) is 3. The van der Waals surface area contributed by atoms with Crippen LogP contribution in [0.4, 0.5) is 17.6 Å². The van der Waals surface area contributed by atoms with Crippen molar-refractivity contribution in [2.75, 3.05) is 24.3 Å². The predicted octanol–water partition coefficient (Wildman–Crippen LogP) is 2.71. The zero-order valence-electron chi connectivity index (χ0n) is 10.6. The summed E-state index contributed by atoms with van der Waals surface area (Å²) in [6, 6.07) is 7.56. The van der Waals surface area contributed by atoms with Gasteiger partial charge in [-0.3, -0.25) is 0 Å². The minimum absolute atomic E-state index is 0.270. The van der Waals surface area contributed by atoms with Crippen LogP contribution in [-0.2, 0) is 0 Å². The average Bonchev–Trinajstić information content (AvgIpc) is 2.39. The van der Waals surface area contributed by atoms with E-state index in [-0.39, 0.29) is 6.01 Å². The monoisotopic (exact) mass is 279 g/mol. The van der Waals surface area contributed by atoms with Crippen molar-refractivity contribution in [1.29, 1.82) is 0 Å². The first kappa shape index (κ1) is 13.4. The molecule has 0 radical (unpaired) electrons. The van der Waals surface area contributed by atoms with Crippen LogP contribution in [0.1, 0.15) is 6.92 Å². The van der Waals surface area contributed by atoms with Crippen molar-refractivity contribution < 1.29 is 4.74 Å². The fraction of sp³-hybridized carbons (Fsp3) is 0.250. The van der Waals surface area contributed by atoms with E-state index in [1.165, 1.54) is 0 Å². The number of hydrogen-bond acceptors (Lipinski definition) is 6. The lowest BCUT2D eigenvalue weighted by Crippen LogP contribution is -2.06. The van der Waals surface area contributed by atoms with Crippen LogP contribution in [0.2, 0.25) is 5.02 Å². The molecule has 0 aliphatic heterocycles. The van der Waals surface area contributed by atoms with E-state index in [2.05, 4.69) is 25.6 Å². The van der Waals surface area contributed by atoms with Crippen molar-refractivity contribution in [3.63, 3.8) is 0 Å². The Morgan fingerprint density at radius 2 is 2.00 bits per heavy atom. The summed E-state index contributed by atoms with van der Waals surface area (Å²) >= 11 is 5.92. The quantitative estimate of drug-likeness (QED) is 0.877. The molecule has 0 aliphatic carbocycles. The molecule has 1 aromatic heterocycles. The number of benzene rings is 1. The first-order chi connectivity index (χ1) is 9.21. The summed E-state index contributed by atoms with van der Waals surface area (Å²) in [5.41, 5.74) is 0.795. The van der Waals surface area contributed by atoms with Gasteiger partial charge < -0.3 is 15.4 Å². The maximum atomic E-state index is 5.92. The lowest BCUT2D eigenvalue weighted by atomic mass is 10.3. The zero-order valence-corrected chi connectivity index (χ0v) is 11.4. The Bertz CT molecular complexity index is 564. The second-order valence-corrected chi connectivity index (χ2v) is 4.02. The van der Waals surface area contributed by atoms with E-state index in [1.807, 2.05) is 19.1 Å². The second-order valence-electron chi connectivity index (χ2n) is 3.58. The van der Waals surface area contributed by atoms with Crippen LogP contribution in [0.15, 0.2) is 24.3 Å². The first-order valence-corrected chi connectivity index (χ1v) is 6.18. The fourth-order valence-electron chi connectivity index (χ4n) is 1.41. The van der Waals surface area contributed by atoms with E-state index in [1.54, 1.807) is 19.2 Å². The molecular formula is C12H14ClN5O. The zero-order chi connectivity index (χ0) is 13.7. The lowest BCUT2D eigenvalue weighted by molar-refractivity contribution is 0.312. The SMILES string of the molecule is CCOc1nc(NC)nc(Nc2cccc(Cl)c2)n1. The number of nitrogens with one attached hydrogen (secondary N) is 2. The van der Waals surface area contributed by atoms with Gasteiger partial charge in [-0.05, 0) is 25.1 Å². The van der Waals surface area contributed by atoms with Gasteiger partial charge in [-0.2, -0.15) is 15.0 Å². The largest absolute Gasteiger partial charge is 0.464 e. The molecule has 1 aromatic carbocycles. The number of aromatic nitrogens is 3. The molecule has 0 spiro atoms. The molecule has 0 saturated carbocycles. The van der Waals surface area contributed by atoms with Crippen LogP contribution in [0, 0.1) is 0 Å². The molecule has 100 valence electrons. The smallest absolute Gasteiger partial charge is 0.323 e. The van der Waals surface area contributed by atoms with Crippen molar-refractivity contribution in [2.24, 2.45) is 0 Å². The molecule has 2 rings (SSSR count). The van der Waals surface area contributed by atoms with Gasteiger partial charge in [-0.25, -0.2) is 0 Å². The molecule has 6 nitrogen and oxygen atoms in total. The van der Waals surface area contributed by atoms with Gasteiger partial charge in [0, 0.05) is 17.8 Å². The predicted molar refractivity (Wildman–Crippen MR) is 75.3 cm³/mol. The molecule has 0 amide bonds. The van der Waals surface area contributed by atoms with Gasteiger partial charge in [-0.15, -0.1) is 0 Å². The highest BCUT2D eigenvalue weighted by Gasteiger charge is 2.06.